The van der Waals surface area contributed by atoms with E-state index in [4.69, 9.17) is 18.9 Å². The fourth-order valence-electron chi connectivity index (χ4n) is 4.14. The second-order valence-electron chi connectivity index (χ2n) is 8.16. The highest BCUT2D eigenvalue weighted by atomic mass is 19.1. The number of benzene rings is 2. The summed E-state index contributed by atoms with van der Waals surface area (Å²) in [6.45, 7) is 2.65. The van der Waals surface area contributed by atoms with E-state index in [1.807, 2.05) is 18.2 Å². The van der Waals surface area contributed by atoms with Gasteiger partial charge in [-0.05, 0) is 44.0 Å². The lowest BCUT2D eigenvalue weighted by Gasteiger charge is -2.31. The van der Waals surface area contributed by atoms with Crippen molar-refractivity contribution in [3.63, 3.8) is 0 Å². The lowest BCUT2D eigenvalue weighted by Crippen LogP contribution is -2.41. The van der Waals surface area contributed by atoms with Crippen LogP contribution in [0.1, 0.15) is 24.8 Å². The van der Waals surface area contributed by atoms with Crippen molar-refractivity contribution in [3.05, 3.63) is 53.8 Å². The number of nitrogens with one attached hydrogen (secondary N) is 1. The lowest BCUT2D eigenvalue weighted by atomic mass is 9.95. The highest BCUT2D eigenvalue weighted by Gasteiger charge is 2.34. The van der Waals surface area contributed by atoms with Crippen LogP contribution in [0.4, 0.5) is 4.39 Å². The summed E-state index contributed by atoms with van der Waals surface area (Å²) in [5.74, 6) is 1.20. The predicted octanol–water partition coefficient (Wildman–Crippen LogP) is 3.12. The zero-order valence-corrected chi connectivity index (χ0v) is 18.3. The van der Waals surface area contributed by atoms with Crippen LogP contribution in [-0.2, 0) is 16.1 Å². The molecule has 1 amide bonds. The number of fused-ring (bicyclic) bond motifs is 1. The molecular formula is C24H29FN2O5. The number of hydrogen-bond donors (Lipinski definition) is 1. The van der Waals surface area contributed by atoms with E-state index in [-0.39, 0.29) is 30.9 Å². The summed E-state index contributed by atoms with van der Waals surface area (Å²) in [5.41, 5.74) is 0.392. The van der Waals surface area contributed by atoms with Gasteiger partial charge in [0.05, 0.1) is 6.54 Å². The van der Waals surface area contributed by atoms with Gasteiger partial charge in [-0.15, -0.1) is 0 Å². The highest BCUT2D eigenvalue weighted by molar-refractivity contribution is 5.78. The number of hydrogen-bond acceptors (Lipinski definition) is 6. The molecule has 0 spiro atoms. The molecule has 1 atom stereocenters. The maximum Gasteiger partial charge on any atom is 0.234 e. The molecule has 0 aromatic heterocycles. The van der Waals surface area contributed by atoms with Gasteiger partial charge < -0.3 is 24.3 Å². The molecule has 1 fully saturated rings. The zero-order valence-electron chi connectivity index (χ0n) is 18.3. The number of para-hydroxylation sites is 2. The summed E-state index contributed by atoms with van der Waals surface area (Å²) in [7, 11) is 1.66. The first-order valence-corrected chi connectivity index (χ1v) is 10.9. The van der Waals surface area contributed by atoms with Gasteiger partial charge in [0.1, 0.15) is 12.2 Å². The van der Waals surface area contributed by atoms with E-state index in [0.29, 0.717) is 37.6 Å². The molecule has 4 rings (SSSR count). The van der Waals surface area contributed by atoms with Gasteiger partial charge in [-0.3, -0.25) is 9.69 Å². The van der Waals surface area contributed by atoms with Crippen molar-refractivity contribution in [3.8, 4) is 17.2 Å². The second-order valence-corrected chi connectivity index (χ2v) is 8.16. The van der Waals surface area contributed by atoms with Crippen LogP contribution in [0.3, 0.4) is 0 Å². The molecule has 1 saturated heterocycles. The Morgan fingerprint density at radius 2 is 2.03 bits per heavy atom. The Kier molecular flexibility index (Phi) is 7.12. The van der Waals surface area contributed by atoms with Crippen LogP contribution in [0.25, 0.3) is 0 Å². The molecule has 8 heteroatoms. The van der Waals surface area contributed by atoms with Crippen LogP contribution in [-0.4, -0.2) is 56.6 Å². The van der Waals surface area contributed by atoms with E-state index >= 15 is 0 Å². The number of likely N-dealkylation sites (tertiary alicyclic amines) is 1. The maximum atomic E-state index is 13.9. The molecule has 0 bridgehead atoms. The van der Waals surface area contributed by atoms with Gasteiger partial charge in [-0.25, -0.2) is 4.39 Å². The van der Waals surface area contributed by atoms with Crippen LogP contribution in [0, 0.1) is 5.82 Å². The summed E-state index contributed by atoms with van der Waals surface area (Å²) in [6, 6.07) is 12.0. The summed E-state index contributed by atoms with van der Waals surface area (Å²) in [6.07, 6.45) is 2.34. The summed E-state index contributed by atoms with van der Waals surface area (Å²) >= 11 is 0. The molecule has 2 heterocycles. The lowest BCUT2D eigenvalue weighted by molar-refractivity contribution is -0.122. The molecule has 0 saturated carbocycles. The van der Waals surface area contributed by atoms with E-state index in [1.54, 1.807) is 25.3 Å². The molecule has 0 radical (unpaired) electrons. The van der Waals surface area contributed by atoms with E-state index in [0.717, 1.165) is 24.9 Å². The van der Waals surface area contributed by atoms with Crippen LogP contribution in [0.5, 0.6) is 17.2 Å². The molecule has 2 aliphatic heterocycles. The van der Waals surface area contributed by atoms with Crippen molar-refractivity contribution < 1.29 is 28.1 Å². The number of ether oxygens (including phenoxy) is 4. The average Bonchev–Trinajstić information content (AvgIpc) is 3.20. The number of carbonyl (C=O) groups excluding carboxylic acids is 1. The van der Waals surface area contributed by atoms with E-state index in [1.165, 1.54) is 6.07 Å². The number of rotatable bonds is 8. The normalized spacial score (nSPS) is 20.6. The first-order chi connectivity index (χ1) is 15.6. The van der Waals surface area contributed by atoms with Crippen molar-refractivity contribution in [2.75, 3.05) is 40.1 Å². The number of methoxy groups -OCH3 is 1. The molecule has 1 N–H and O–H groups in total. The third-order valence-electron chi connectivity index (χ3n) is 6.07. The van der Waals surface area contributed by atoms with Crippen LogP contribution in [0.15, 0.2) is 42.5 Å². The van der Waals surface area contributed by atoms with Crippen molar-refractivity contribution in [2.45, 2.75) is 31.4 Å². The van der Waals surface area contributed by atoms with Gasteiger partial charge in [-0.2, -0.15) is 0 Å². The fraction of sp³-hybridized carbons (Fsp3) is 0.458. The summed E-state index contributed by atoms with van der Waals surface area (Å²) in [4.78, 5) is 14.7. The van der Waals surface area contributed by atoms with Crippen molar-refractivity contribution in [2.24, 2.45) is 0 Å². The van der Waals surface area contributed by atoms with E-state index in [2.05, 4.69) is 10.2 Å². The number of carbonyl (C=O) groups is 1. The molecule has 2 aromatic carbocycles. The van der Waals surface area contributed by atoms with Gasteiger partial charge in [0.15, 0.2) is 23.1 Å². The Morgan fingerprint density at radius 3 is 2.88 bits per heavy atom. The SMILES string of the molecule is CO[C@@]1(COc2ccccc2F)CCCN(CC(=O)NCc2cccc3c2OCO3)CC1. The Morgan fingerprint density at radius 1 is 1.16 bits per heavy atom. The quantitative estimate of drug-likeness (QED) is 0.675. The van der Waals surface area contributed by atoms with Gasteiger partial charge in [0.25, 0.3) is 0 Å². The second kappa shape index (κ2) is 10.2. The first kappa shape index (κ1) is 22.4. The van der Waals surface area contributed by atoms with Gasteiger partial charge in [0.2, 0.25) is 12.7 Å². The Bertz CT molecular complexity index is 940. The molecule has 172 valence electrons. The Balaban J connectivity index is 1.27. The summed E-state index contributed by atoms with van der Waals surface area (Å²) in [5, 5.41) is 2.97. The van der Waals surface area contributed by atoms with Crippen molar-refractivity contribution in [1.29, 1.82) is 0 Å². The van der Waals surface area contributed by atoms with E-state index < -0.39 is 5.60 Å². The van der Waals surface area contributed by atoms with E-state index in [9.17, 15) is 9.18 Å². The Labute approximate surface area is 187 Å². The number of nitrogens with zero attached hydrogens (tertiary/aromatic N) is 1. The third-order valence-corrected chi connectivity index (χ3v) is 6.07. The largest absolute Gasteiger partial charge is 0.488 e. The highest BCUT2D eigenvalue weighted by Crippen LogP contribution is 2.35. The van der Waals surface area contributed by atoms with Crippen LogP contribution in [0.2, 0.25) is 0 Å². The van der Waals surface area contributed by atoms with Crippen LogP contribution < -0.4 is 19.5 Å². The number of amides is 1. The molecule has 32 heavy (non-hydrogen) atoms. The zero-order chi connectivity index (χ0) is 22.4. The minimum absolute atomic E-state index is 0.0472. The maximum absolute atomic E-state index is 13.9. The van der Waals surface area contributed by atoms with Gasteiger partial charge >= 0.3 is 0 Å². The smallest absolute Gasteiger partial charge is 0.234 e. The fourth-order valence-corrected chi connectivity index (χ4v) is 4.14. The summed E-state index contributed by atoms with van der Waals surface area (Å²) < 4.78 is 36.3. The first-order valence-electron chi connectivity index (χ1n) is 10.9. The molecule has 2 aliphatic rings. The minimum atomic E-state index is -0.505. The standard InChI is InChI=1S/C24H29FN2O5/c1-29-24(16-30-20-8-3-2-7-19(20)25)10-5-12-27(13-11-24)15-22(28)26-14-18-6-4-9-21-23(18)32-17-31-21/h2-4,6-9H,5,10-17H2,1H3,(H,26,28)/t24-/m0/s1. The molecular weight excluding hydrogens is 415 g/mol. The average molecular weight is 445 g/mol. The molecule has 7 nitrogen and oxygen atoms in total. The van der Waals surface area contributed by atoms with Crippen LogP contribution >= 0.6 is 0 Å². The topological polar surface area (TPSA) is 69.3 Å². The van der Waals surface area contributed by atoms with Gasteiger partial charge in [0, 0.05) is 25.8 Å². The van der Waals surface area contributed by atoms with Gasteiger partial charge in [-0.1, -0.05) is 24.3 Å². The van der Waals surface area contributed by atoms with Crippen molar-refractivity contribution in [1.82, 2.24) is 10.2 Å². The molecule has 0 unspecified atom stereocenters. The van der Waals surface area contributed by atoms with Crippen molar-refractivity contribution >= 4 is 5.91 Å². The number of halogens is 1. The monoisotopic (exact) mass is 444 g/mol. The third kappa shape index (κ3) is 5.31. The minimum Gasteiger partial charge on any atom is -0.488 e. The Hall–Kier alpha value is -2.84. The molecule has 2 aromatic rings. The predicted molar refractivity (Wildman–Crippen MR) is 116 cm³/mol. The molecule has 0 aliphatic carbocycles.